The highest BCUT2D eigenvalue weighted by molar-refractivity contribution is 5.42. The predicted octanol–water partition coefficient (Wildman–Crippen LogP) is 3.09. The van der Waals surface area contributed by atoms with Crippen molar-refractivity contribution in [1.29, 1.82) is 5.26 Å². The lowest BCUT2D eigenvalue weighted by Crippen LogP contribution is -2.37. The largest absolute Gasteiger partial charge is 0.496 e. The molecule has 18 heavy (non-hydrogen) atoms. The van der Waals surface area contributed by atoms with Crippen molar-refractivity contribution in [1.82, 2.24) is 5.32 Å². The van der Waals surface area contributed by atoms with Gasteiger partial charge in [0.15, 0.2) is 0 Å². The Morgan fingerprint density at radius 2 is 2.06 bits per heavy atom. The van der Waals surface area contributed by atoms with Crippen LogP contribution in [0.2, 0.25) is 0 Å². The molecule has 0 fully saturated rings. The second kappa shape index (κ2) is 5.88. The molecule has 1 atom stereocenters. The number of ether oxygens (including phenoxy) is 1. The van der Waals surface area contributed by atoms with Gasteiger partial charge in [-0.15, -0.1) is 0 Å². The van der Waals surface area contributed by atoms with Gasteiger partial charge in [0, 0.05) is 18.2 Å². The molecule has 1 unspecified atom stereocenters. The average Bonchev–Trinajstić information content (AvgIpc) is 2.34. The van der Waals surface area contributed by atoms with Gasteiger partial charge in [-0.1, -0.05) is 20.8 Å². The maximum atomic E-state index is 8.92. The molecule has 0 aliphatic rings. The second-order valence-corrected chi connectivity index (χ2v) is 5.61. The molecule has 0 aromatic heterocycles. The minimum atomic E-state index is 0.208. The van der Waals surface area contributed by atoms with Crippen LogP contribution >= 0.6 is 0 Å². The fourth-order valence-electron chi connectivity index (χ4n) is 1.56. The lowest BCUT2D eigenvalue weighted by Gasteiger charge is -2.28. The van der Waals surface area contributed by atoms with Crippen LogP contribution in [0.5, 0.6) is 5.75 Å². The van der Waals surface area contributed by atoms with Crippen molar-refractivity contribution >= 4 is 0 Å². The number of benzene rings is 1. The molecule has 3 heteroatoms. The van der Waals surface area contributed by atoms with Crippen LogP contribution in [0.3, 0.4) is 0 Å². The zero-order chi connectivity index (χ0) is 13.8. The van der Waals surface area contributed by atoms with Gasteiger partial charge in [-0.3, -0.25) is 0 Å². The fourth-order valence-corrected chi connectivity index (χ4v) is 1.56. The van der Waals surface area contributed by atoms with E-state index in [4.69, 9.17) is 10.00 Å². The molecule has 1 N–H and O–H groups in total. The van der Waals surface area contributed by atoms with E-state index in [2.05, 4.69) is 39.1 Å². The molecule has 0 radical (unpaired) electrons. The van der Waals surface area contributed by atoms with Crippen molar-refractivity contribution in [3.05, 3.63) is 29.3 Å². The maximum Gasteiger partial charge on any atom is 0.123 e. The first-order valence-electron chi connectivity index (χ1n) is 6.19. The quantitative estimate of drug-likeness (QED) is 0.888. The van der Waals surface area contributed by atoms with Gasteiger partial charge in [0.2, 0.25) is 0 Å². The third kappa shape index (κ3) is 3.75. The van der Waals surface area contributed by atoms with Gasteiger partial charge in [0.05, 0.1) is 18.7 Å². The third-order valence-corrected chi connectivity index (χ3v) is 3.31. The van der Waals surface area contributed by atoms with Crippen molar-refractivity contribution in [3.63, 3.8) is 0 Å². The normalized spacial score (nSPS) is 12.9. The number of rotatable bonds is 4. The molecule has 0 aliphatic carbocycles. The Morgan fingerprint density at radius 3 is 2.56 bits per heavy atom. The molecular weight excluding hydrogens is 224 g/mol. The van der Waals surface area contributed by atoms with Crippen molar-refractivity contribution in [2.75, 3.05) is 7.11 Å². The van der Waals surface area contributed by atoms with E-state index in [-0.39, 0.29) is 5.41 Å². The maximum absolute atomic E-state index is 8.92. The molecule has 1 rings (SSSR count). The fraction of sp³-hybridized carbons (Fsp3) is 0.533. The smallest absolute Gasteiger partial charge is 0.123 e. The van der Waals surface area contributed by atoms with E-state index < -0.39 is 0 Å². The topological polar surface area (TPSA) is 45.0 Å². The molecule has 0 saturated heterocycles. The van der Waals surface area contributed by atoms with Crippen LogP contribution in [-0.2, 0) is 6.54 Å². The lowest BCUT2D eigenvalue weighted by molar-refractivity contribution is 0.283. The Morgan fingerprint density at radius 1 is 1.39 bits per heavy atom. The summed E-state index contributed by atoms with van der Waals surface area (Å²) in [6, 6.07) is 8.03. The molecule has 0 aliphatic heterocycles. The molecule has 0 bridgehead atoms. The zero-order valence-electron chi connectivity index (χ0n) is 11.9. The SMILES string of the molecule is COc1ccc(C#N)cc1CNC(C)C(C)(C)C. The Kier molecular flexibility index (Phi) is 4.75. The zero-order valence-corrected chi connectivity index (χ0v) is 11.9. The van der Waals surface area contributed by atoms with Gasteiger partial charge in [-0.25, -0.2) is 0 Å². The molecular formula is C15H22N2O. The minimum absolute atomic E-state index is 0.208. The van der Waals surface area contributed by atoms with Gasteiger partial charge in [-0.05, 0) is 30.5 Å². The molecule has 0 amide bonds. The van der Waals surface area contributed by atoms with E-state index in [0.717, 1.165) is 11.3 Å². The van der Waals surface area contributed by atoms with E-state index in [0.29, 0.717) is 18.2 Å². The summed E-state index contributed by atoms with van der Waals surface area (Å²) >= 11 is 0. The standard InChI is InChI=1S/C15H22N2O/c1-11(15(2,3)4)17-10-13-8-12(9-16)6-7-14(13)18-5/h6-8,11,17H,10H2,1-5H3. The molecule has 0 saturated carbocycles. The molecule has 0 heterocycles. The van der Waals surface area contributed by atoms with Crippen LogP contribution < -0.4 is 10.1 Å². The summed E-state index contributed by atoms with van der Waals surface area (Å²) in [5.74, 6) is 0.822. The second-order valence-electron chi connectivity index (χ2n) is 5.61. The number of nitriles is 1. The van der Waals surface area contributed by atoms with Gasteiger partial charge < -0.3 is 10.1 Å². The van der Waals surface area contributed by atoms with Gasteiger partial charge in [0.1, 0.15) is 5.75 Å². The number of methoxy groups -OCH3 is 1. The van der Waals surface area contributed by atoms with Crippen LogP contribution in [0.25, 0.3) is 0 Å². The van der Waals surface area contributed by atoms with Gasteiger partial charge in [-0.2, -0.15) is 5.26 Å². The summed E-state index contributed by atoms with van der Waals surface area (Å²) in [6.07, 6.45) is 0. The summed E-state index contributed by atoms with van der Waals surface area (Å²) in [4.78, 5) is 0. The average molecular weight is 246 g/mol. The predicted molar refractivity (Wildman–Crippen MR) is 73.5 cm³/mol. The molecule has 1 aromatic carbocycles. The Hall–Kier alpha value is -1.53. The van der Waals surface area contributed by atoms with Gasteiger partial charge >= 0.3 is 0 Å². The first-order chi connectivity index (χ1) is 8.38. The summed E-state index contributed by atoms with van der Waals surface area (Å²) in [7, 11) is 1.65. The van der Waals surface area contributed by atoms with E-state index in [1.54, 1.807) is 13.2 Å². The van der Waals surface area contributed by atoms with E-state index in [1.807, 2.05) is 12.1 Å². The van der Waals surface area contributed by atoms with Crippen LogP contribution in [-0.4, -0.2) is 13.2 Å². The highest BCUT2D eigenvalue weighted by atomic mass is 16.5. The summed E-state index contributed by atoms with van der Waals surface area (Å²) in [5, 5.41) is 12.4. The minimum Gasteiger partial charge on any atom is -0.496 e. The van der Waals surface area contributed by atoms with Crippen molar-refractivity contribution in [2.45, 2.75) is 40.3 Å². The van der Waals surface area contributed by atoms with Gasteiger partial charge in [0.25, 0.3) is 0 Å². The highest BCUT2D eigenvalue weighted by Crippen LogP contribution is 2.22. The molecule has 0 spiro atoms. The van der Waals surface area contributed by atoms with Crippen LogP contribution in [0.4, 0.5) is 0 Å². The molecule has 1 aromatic rings. The first kappa shape index (κ1) is 14.5. The highest BCUT2D eigenvalue weighted by Gasteiger charge is 2.19. The number of hydrogen-bond acceptors (Lipinski definition) is 3. The summed E-state index contributed by atoms with van der Waals surface area (Å²) in [6.45, 7) is 9.48. The Labute approximate surface area is 110 Å². The van der Waals surface area contributed by atoms with E-state index >= 15 is 0 Å². The van der Waals surface area contributed by atoms with E-state index in [9.17, 15) is 0 Å². The van der Waals surface area contributed by atoms with Crippen molar-refractivity contribution in [3.8, 4) is 11.8 Å². The Bertz CT molecular complexity index is 441. The number of nitrogens with one attached hydrogen (secondary N) is 1. The lowest BCUT2D eigenvalue weighted by atomic mass is 9.88. The third-order valence-electron chi connectivity index (χ3n) is 3.31. The first-order valence-corrected chi connectivity index (χ1v) is 6.19. The van der Waals surface area contributed by atoms with Crippen molar-refractivity contribution < 1.29 is 4.74 Å². The number of hydrogen-bond donors (Lipinski definition) is 1. The number of nitrogens with zero attached hydrogens (tertiary/aromatic N) is 1. The van der Waals surface area contributed by atoms with Crippen LogP contribution in [0.15, 0.2) is 18.2 Å². The Balaban J connectivity index is 2.81. The van der Waals surface area contributed by atoms with Crippen molar-refractivity contribution in [2.24, 2.45) is 5.41 Å². The molecule has 3 nitrogen and oxygen atoms in total. The van der Waals surface area contributed by atoms with E-state index in [1.165, 1.54) is 0 Å². The van der Waals surface area contributed by atoms with Crippen LogP contribution in [0, 0.1) is 16.7 Å². The van der Waals surface area contributed by atoms with Crippen LogP contribution in [0.1, 0.15) is 38.8 Å². The molecule has 98 valence electrons. The summed E-state index contributed by atoms with van der Waals surface area (Å²) in [5.41, 5.74) is 1.89. The summed E-state index contributed by atoms with van der Waals surface area (Å²) < 4.78 is 5.31. The monoisotopic (exact) mass is 246 g/mol.